The highest BCUT2D eigenvalue weighted by molar-refractivity contribution is 5.95. The van der Waals surface area contributed by atoms with Gasteiger partial charge in [-0.05, 0) is 29.8 Å². The summed E-state index contributed by atoms with van der Waals surface area (Å²) in [6.45, 7) is 1.51. The van der Waals surface area contributed by atoms with E-state index in [2.05, 4.69) is 15.1 Å². The van der Waals surface area contributed by atoms with Crippen molar-refractivity contribution in [2.45, 2.75) is 6.42 Å². The molecule has 2 aromatic heterocycles. The topological polar surface area (TPSA) is 66.6 Å². The number of fused-ring (bicyclic) bond motifs is 3. The van der Waals surface area contributed by atoms with Gasteiger partial charge in [0.25, 0.3) is 5.91 Å². The Kier molecular flexibility index (Phi) is 5.52. The smallest absolute Gasteiger partial charge is 0.259 e. The molecule has 0 bridgehead atoms. The lowest BCUT2D eigenvalue weighted by Crippen LogP contribution is -2.49. The molecule has 0 unspecified atom stereocenters. The molecule has 3 aromatic carbocycles. The van der Waals surface area contributed by atoms with Crippen molar-refractivity contribution in [2.24, 2.45) is 0 Å². The van der Waals surface area contributed by atoms with Crippen LogP contribution in [0.25, 0.3) is 16.6 Å². The van der Waals surface area contributed by atoms with Crippen molar-refractivity contribution < 1.29 is 13.6 Å². The number of para-hydroxylation sites is 1. The summed E-state index contributed by atoms with van der Waals surface area (Å²) in [4.78, 5) is 21.4. The molecule has 0 spiro atoms. The summed E-state index contributed by atoms with van der Waals surface area (Å²) >= 11 is 0. The van der Waals surface area contributed by atoms with Crippen molar-refractivity contribution in [1.82, 2.24) is 24.5 Å². The van der Waals surface area contributed by atoms with Crippen molar-refractivity contribution in [2.75, 3.05) is 31.1 Å². The molecular weight excluding hydrogens is 462 g/mol. The number of carbonyl (C=O) groups is 1. The van der Waals surface area contributed by atoms with Gasteiger partial charge in [-0.1, -0.05) is 48.5 Å². The lowest BCUT2D eigenvalue weighted by Gasteiger charge is -2.35. The summed E-state index contributed by atoms with van der Waals surface area (Å²) in [5.74, 6) is -0.901. The Morgan fingerprint density at radius 2 is 1.50 bits per heavy atom. The monoisotopic (exact) mass is 484 g/mol. The van der Waals surface area contributed by atoms with Crippen LogP contribution in [0.4, 0.5) is 14.7 Å². The van der Waals surface area contributed by atoms with Gasteiger partial charge in [0.05, 0.1) is 5.52 Å². The molecular formula is C27H22F2N6O. The van der Waals surface area contributed by atoms with E-state index in [1.165, 1.54) is 11.0 Å². The first kappa shape index (κ1) is 22.1. The van der Waals surface area contributed by atoms with Crippen LogP contribution >= 0.6 is 0 Å². The molecule has 6 rings (SSSR count). The van der Waals surface area contributed by atoms with Crippen LogP contribution in [0.1, 0.15) is 21.7 Å². The summed E-state index contributed by atoms with van der Waals surface area (Å²) < 4.78 is 30.3. The van der Waals surface area contributed by atoms with Gasteiger partial charge in [-0.25, -0.2) is 18.2 Å². The van der Waals surface area contributed by atoms with Crippen LogP contribution in [-0.4, -0.2) is 56.6 Å². The van der Waals surface area contributed by atoms with Crippen LogP contribution in [0.2, 0.25) is 0 Å². The second-order valence-corrected chi connectivity index (χ2v) is 8.74. The average molecular weight is 485 g/mol. The third-order valence-corrected chi connectivity index (χ3v) is 6.53. The number of aromatic nitrogens is 4. The molecule has 5 aromatic rings. The summed E-state index contributed by atoms with van der Waals surface area (Å²) in [6.07, 6.45) is 0.583. The summed E-state index contributed by atoms with van der Waals surface area (Å²) in [5, 5.41) is 9.90. The van der Waals surface area contributed by atoms with E-state index in [0.29, 0.717) is 44.2 Å². The van der Waals surface area contributed by atoms with Crippen LogP contribution in [-0.2, 0) is 6.42 Å². The molecule has 0 atom stereocenters. The molecule has 1 aliphatic heterocycles. The van der Waals surface area contributed by atoms with Gasteiger partial charge in [0.2, 0.25) is 5.95 Å². The minimum Gasteiger partial charge on any atom is -0.338 e. The Morgan fingerprint density at radius 3 is 2.25 bits per heavy atom. The molecule has 0 saturated carbocycles. The highest BCUT2D eigenvalue weighted by Gasteiger charge is 2.28. The number of hydrogen-bond acceptors (Lipinski definition) is 5. The van der Waals surface area contributed by atoms with Crippen LogP contribution in [0.15, 0.2) is 72.8 Å². The zero-order valence-corrected chi connectivity index (χ0v) is 19.3. The molecule has 0 N–H and O–H groups in total. The van der Waals surface area contributed by atoms with E-state index >= 15 is 0 Å². The largest absolute Gasteiger partial charge is 0.338 e. The first-order valence-corrected chi connectivity index (χ1v) is 11.7. The van der Waals surface area contributed by atoms with E-state index in [0.717, 1.165) is 34.4 Å². The number of anilines is 1. The van der Waals surface area contributed by atoms with Crippen molar-refractivity contribution >= 4 is 28.4 Å². The van der Waals surface area contributed by atoms with Gasteiger partial charge in [0.1, 0.15) is 23.0 Å². The number of benzene rings is 3. The third kappa shape index (κ3) is 3.82. The fraction of sp³-hybridized carbons (Fsp3) is 0.185. The average Bonchev–Trinajstić information content (AvgIpc) is 3.32. The van der Waals surface area contributed by atoms with Gasteiger partial charge >= 0.3 is 0 Å². The van der Waals surface area contributed by atoms with Crippen molar-refractivity contribution in [3.63, 3.8) is 0 Å². The Bertz CT molecular complexity index is 1560. The zero-order valence-electron chi connectivity index (χ0n) is 19.3. The Morgan fingerprint density at radius 1 is 0.806 bits per heavy atom. The number of piperazine rings is 1. The Labute approximate surface area is 205 Å². The predicted octanol–water partition coefficient (Wildman–Crippen LogP) is 4.11. The van der Waals surface area contributed by atoms with E-state index in [9.17, 15) is 13.6 Å². The Balaban J connectivity index is 1.34. The zero-order chi connectivity index (χ0) is 24.6. The number of rotatable bonds is 4. The first-order valence-electron chi connectivity index (χ1n) is 11.7. The standard InChI is InChI=1S/C27H22F2N6O/c28-20-10-6-11-21(29)24(20)26(36)33-13-15-34(16-14-33)27-30-22-12-5-4-9-19(22)25-32-31-23(35(25)27)17-18-7-2-1-3-8-18/h1-12H,13-17H2. The third-order valence-electron chi connectivity index (χ3n) is 6.53. The number of amides is 1. The molecule has 36 heavy (non-hydrogen) atoms. The lowest BCUT2D eigenvalue weighted by molar-refractivity contribution is 0.0736. The van der Waals surface area contributed by atoms with E-state index in [1.807, 2.05) is 59.0 Å². The highest BCUT2D eigenvalue weighted by atomic mass is 19.1. The molecule has 0 radical (unpaired) electrons. The van der Waals surface area contributed by atoms with Gasteiger partial charge in [-0.15, -0.1) is 10.2 Å². The predicted molar refractivity (Wildman–Crippen MR) is 132 cm³/mol. The SMILES string of the molecule is O=C(c1c(F)cccc1F)N1CCN(c2nc3ccccc3c3nnc(Cc4ccccc4)n23)CC1. The van der Waals surface area contributed by atoms with E-state index in [1.54, 1.807) is 0 Å². The molecule has 9 heteroatoms. The molecule has 1 saturated heterocycles. The van der Waals surface area contributed by atoms with E-state index < -0.39 is 23.1 Å². The molecule has 0 aliphatic carbocycles. The van der Waals surface area contributed by atoms with Crippen LogP contribution in [0, 0.1) is 11.6 Å². The second kappa shape index (κ2) is 8.99. The fourth-order valence-corrected chi connectivity index (χ4v) is 4.69. The summed E-state index contributed by atoms with van der Waals surface area (Å²) in [7, 11) is 0. The quantitative estimate of drug-likeness (QED) is 0.384. The number of carbonyl (C=O) groups excluding carboxylic acids is 1. The van der Waals surface area contributed by atoms with Crippen LogP contribution < -0.4 is 4.90 Å². The maximum Gasteiger partial charge on any atom is 0.259 e. The van der Waals surface area contributed by atoms with Gasteiger partial charge in [0.15, 0.2) is 5.65 Å². The van der Waals surface area contributed by atoms with Crippen LogP contribution in [0.5, 0.6) is 0 Å². The number of nitrogens with zero attached hydrogens (tertiary/aromatic N) is 6. The normalized spacial score (nSPS) is 14.1. The lowest BCUT2D eigenvalue weighted by atomic mass is 10.1. The van der Waals surface area contributed by atoms with Crippen molar-refractivity contribution in [1.29, 1.82) is 0 Å². The number of halogens is 2. The first-order chi connectivity index (χ1) is 17.6. The summed E-state index contributed by atoms with van der Waals surface area (Å²) in [6, 6.07) is 21.3. The van der Waals surface area contributed by atoms with E-state index in [4.69, 9.17) is 4.98 Å². The molecule has 1 fully saturated rings. The maximum atomic E-state index is 14.2. The second-order valence-electron chi connectivity index (χ2n) is 8.74. The molecule has 1 amide bonds. The molecule has 3 heterocycles. The molecule has 180 valence electrons. The highest BCUT2D eigenvalue weighted by Crippen LogP contribution is 2.26. The van der Waals surface area contributed by atoms with E-state index in [-0.39, 0.29) is 0 Å². The molecule has 1 aliphatic rings. The van der Waals surface area contributed by atoms with Crippen LogP contribution in [0.3, 0.4) is 0 Å². The van der Waals surface area contributed by atoms with Gasteiger partial charge in [0, 0.05) is 38.0 Å². The fourth-order valence-electron chi connectivity index (χ4n) is 4.69. The number of hydrogen-bond donors (Lipinski definition) is 0. The Hall–Kier alpha value is -4.40. The van der Waals surface area contributed by atoms with Gasteiger partial charge < -0.3 is 9.80 Å². The van der Waals surface area contributed by atoms with Crippen molar-refractivity contribution in [3.05, 3.63) is 101 Å². The van der Waals surface area contributed by atoms with Gasteiger partial charge in [-0.3, -0.25) is 4.79 Å². The summed E-state index contributed by atoms with van der Waals surface area (Å²) in [5.41, 5.74) is 2.11. The van der Waals surface area contributed by atoms with Gasteiger partial charge in [-0.2, -0.15) is 0 Å². The van der Waals surface area contributed by atoms with Crippen molar-refractivity contribution in [3.8, 4) is 0 Å². The molecule has 7 nitrogen and oxygen atoms in total. The minimum atomic E-state index is -0.852. The minimum absolute atomic E-state index is 0.304. The maximum absolute atomic E-state index is 14.2.